The molecule has 6 nitrogen and oxygen atoms in total. The van der Waals surface area contributed by atoms with Crippen LogP contribution in [0.5, 0.6) is 0 Å². The van der Waals surface area contributed by atoms with Crippen LogP contribution in [-0.4, -0.2) is 65.1 Å². The van der Waals surface area contributed by atoms with E-state index < -0.39 is 0 Å². The maximum absolute atomic E-state index is 13.4. The van der Waals surface area contributed by atoms with Gasteiger partial charge in [-0.25, -0.2) is 4.39 Å². The summed E-state index contributed by atoms with van der Waals surface area (Å²) < 4.78 is 24.5. The molecule has 2 N–H and O–H groups in total. The van der Waals surface area contributed by atoms with Crippen molar-refractivity contribution < 1.29 is 13.9 Å². The lowest BCUT2D eigenvalue weighted by Gasteiger charge is -2.36. The fourth-order valence-electron chi connectivity index (χ4n) is 4.02. The molecule has 0 saturated carbocycles. The van der Waals surface area contributed by atoms with Gasteiger partial charge in [0.15, 0.2) is 5.96 Å². The van der Waals surface area contributed by atoms with Gasteiger partial charge < -0.3 is 25.0 Å². The first-order valence-corrected chi connectivity index (χ1v) is 10.8. The molecule has 29 heavy (non-hydrogen) atoms. The van der Waals surface area contributed by atoms with E-state index in [0.29, 0.717) is 12.0 Å². The number of ether oxygens (including phenoxy) is 2. The summed E-state index contributed by atoms with van der Waals surface area (Å²) in [7, 11) is 1.80. The van der Waals surface area contributed by atoms with Crippen molar-refractivity contribution in [3.05, 3.63) is 29.6 Å². The second kappa shape index (κ2) is 11.4. The zero-order valence-electron chi connectivity index (χ0n) is 17.8. The number of halogens is 1. The van der Waals surface area contributed by atoms with Gasteiger partial charge in [-0.15, -0.1) is 0 Å². The third-order valence-corrected chi connectivity index (χ3v) is 5.62. The van der Waals surface area contributed by atoms with Crippen LogP contribution in [-0.2, 0) is 9.47 Å². The van der Waals surface area contributed by atoms with Crippen LogP contribution in [0.15, 0.2) is 23.2 Å². The van der Waals surface area contributed by atoms with Gasteiger partial charge in [0.25, 0.3) is 0 Å². The molecule has 2 heterocycles. The number of benzene rings is 1. The van der Waals surface area contributed by atoms with Crippen LogP contribution in [0.4, 0.5) is 10.1 Å². The largest absolute Gasteiger partial charge is 0.381 e. The summed E-state index contributed by atoms with van der Waals surface area (Å²) in [5.41, 5.74) is 2.10. The van der Waals surface area contributed by atoms with Gasteiger partial charge in [0.1, 0.15) is 5.82 Å². The molecule has 2 unspecified atom stereocenters. The Kier molecular flexibility index (Phi) is 8.55. The maximum atomic E-state index is 13.4. The highest BCUT2D eigenvalue weighted by Crippen LogP contribution is 2.24. The molecule has 0 amide bonds. The van der Waals surface area contributed by atoms with Crippen LogP contribution < -0.4 is 15.5 Å². The van der Waals surface area contributed by atoms with Gasteiger partial charge in [0.2, 0.25) is 0 Å². The van der Waals surface area contributed by atoms with Gasteiger partial charge in [-0.2, -0.15) is 0 Å². The zero-order valence-corrected chi connectivity index (χ0v) is 17.8. The van der Waals surface area contributed by atoms with Crippen LogP contribution in [0.25, 0.3) is 0 Å². The Morgan fingerprint density at radius 1 is 1.38 bits per heavy atom. The summed E-state index contributed by atoms with van der Waals surface area (Å²) in [5, 5.41) is 6.92. The van der Waals surface area contributed by atoms with Crippen LogP contribution in [0, 0.1) is 18.7 Å². The van der Waals surface area contributed by atoms with Crippen LogP contribution >= 0.6 is 0 Å². The Morgan fingerprint density at radius 2 is 2.28 bits per heavy atom. The van der Waals surface area contributed by atoms with Gasteiger partial charge in [0.05, 0.1) is 13.2 Å². The number of aliphatic imine (C=N–C) groups is 1. The highest BCUT2D eigenvalue weighted by Gasteiger charge is 2.22. The van der Waals surface area contributed by atoms with Crippen LogP contribution in [0.3, 0.4) is 0 Å². The van der Waals surface area contributed by atoms with Crippen molar-refractivity contribution in [2.24, 2.45) is 10.9 Å². The van der Waals surface area contributed by atoms with Crippen LogP contribution in [0.2, 0.25) is 0 Å². The Hall–Kier alpha value is -1.86. The van der Waals surface area contributed by atoms with E-state index in [4.69, 9.17) is 9.47 Å². The van der Waals surface area contributed by atoms with Crippen molar-refractivity contribution in [3.63, 3.8) is 0 Å². The third kappa shape index (κ3) is 6.85. The first-order valence-electron chi connectivity index (χ1n) is 10.8. The second-order valence-electron chi connectivity index (χ2n) is 8.02. The fraction of sp³-hybridized carbons (Fsp3) is 0.682. The predicted octanol–water partition coefficient (Wildman–Crippen LogP) is 2.71. The Labute approximate surface area is 173 Å². The maximum Gasteiger partial charge on any atom is 0.191 e. The minimum Gasteiger partial charge on any atom is -0.381 e. The lowest BCUT2D eigenvalue weighted by molar-refractivity contribution is 0.0888. The average Bonchev–Trinajstić information content (AvgIpc) is 3.23. The summed E-state index contributed by atoms with van der Waals surface area (Å²) in [6, 6.07) is 5.35. The molecular weight excluding hydrogens is 371 g/mol. The van der Waals surface area contributed by atoms with E-state index in [1.165, 1.54) is 0 Å². The standard InChI is InChI=1S/C22H35FN4O2/c1-17-13-19(23)6-7-21(17)27-10-3-5-20(14-27)26-22(24-2)25-9-4-11-28-15-18-8-12-29-16-18/h6-7,13,18,20H,3-5,8-12,14-16H2,1-2H3,(H2,24,25,26). The summed E-state index contributed by atoms with van der Waals surface area (Å²) in [4.78, 5) is 6.70. The first-order chi connectivity index (χ1) is 14.2. The molecule has 3 rings (SSSR count). The van der Waals surface area contributed by atoms with Gasteiger partial charge in [0, 0.05) is 57.5 Å². The lowest BCUT2D eigenvalue weighted by Crippen LogP contribution is -2.51. The SMILES string of the molecule is CN=C(NCCCOCC1CCOC1)NC1CCCN(c2ccc(F)cc2C)C1. The molecule has 0 aliphatic carbocycles. The third-order valence-electron chi connectivity index (χ3n) is 5.62. The zero-order chi connectivity index (χ0) is 20.5. The van der Waals surface area contributed by atoms with Crippen molar-refractivity contribution in [1.29, 1.82) is 0 Å². The van der Waals surface area contributed by atoms with E-state index in [0.717, 1.165) is 89.0 Å². The Bertz CT molecular complexity index is 664. The summed E-state index contributed by atoms with van der Waals surface area (Å²) >= 11 is 0. The highest BCUT2D eigenvalue weighted by atomic mass is 19.1. The first kappa shape index (κ1) is 21.8. The van der Waals surface area contributed by atoms with Gasteiger partial charge in [-0.3, -0.25) is 4.99 Å². The minimum absolute atomic E-state index is 0.178. The van der Waals surface area contributed by atoms with E-state index in [-0.39, 0.29) is 5.82 Å². The van der Waals surface area contributed by atoms with Crippen molar-refractivity contribution in [2.45, 2.75) is 38.6 Å². The predicted molar refractivity (Wildman–Crippen MR) is 115 cm³/mol. The number of anilines is 1. The van der Waals surface area contributed by atoms with Crippen molar-refractivity contribution >= 4 is 11.6 Å². The average molecular weight is 407 g/mol. The van der Waals surface area contributed by atoms with Gasteiger partial charge in [-0.1, -0.05) is 0 Å². The van der Waals surface area contributed by atoms with Crippen molar-refractivity contribution in [2.75, 3.05) is 58.0 Å². The molecule has 0 radical (unpaired) electrons. The van der Waals surface area contributed by atoms with Crippen LogP contribution in [0.1, 0.15) is 31.2 Å². The smallest absolute Gasteiger partial charge is 0.191 e. The number of guanidine groups is 1. The van der Waals surface area contributed by atoms with E-state index >= 15 is 0 Å². The monoisotopic (exact) mass is 406 g/mol. The van der Waals surface area contributed by atoms with Gasteiger partial charge in [-0.05, 0) is 56.4 Å². The highest BCUT2D eigenvalue weighted by molar-refractivity contribution is 5.80. The number of piperidine rings is 1. The molecule has 2 atom stereocenters. The van der Waals surface area contributed by atoms with Gasteiger partial charge >= 0.3 is 0 Å². The number of rotatable bonds is 8. The van der Waals surface area contributed by atoms with E-state index in [9.17, 15) is 4.39 Å². The number of hydrogen-bond acceptors (Lipinski definition) is 4. The summed E-state index contributed by atoms with van der Waals surface area (Å²) in [5.74, 6) is 1.22. The number of hydrogen-bond donors (Lipinski definition) is 2. The van der Waals surface area contributed by atoms with E-state index in [1.54, 1.807) is 19.2 Å². The Morgan fingerprint density at radius 3 is 3.03 bits per heavy atom. The number of aryl methyl sites for hydroxylation is 1. The van der Waals surface area contributed by atoms with Crippen molar-refractivity contribution in [1.82, 2.24) is 10.6 Å². The van der Waals surface area contributed by atoms with E-state index in [2.05, 4.69) is 20.5 Å². The molecule has 2 fully saturated rings. The molecule has 7 heteroatoms. The molecular formula is C22H35FN4O2. The molecule has 1 aromatic rings. The molecule has 0 aromatic heterocycles. The molecule has 2 aliphatic heterocycles. The lowest BCUT2D eigenvalue weighted by atomic mass is 10.0. The molecule has 2 saturated heterocycles. The molecule has 162 valence electrons. The normalized spacial score (nSPS) is 22.7. The Balaban J connectivity index is 1.37. The topological polar surface area (TPSA) is 58.1 Å². The molecule has 2 aliphatic rings. The van der Waals surface area contributed by atoms with Crippen molar-refractivity contribution in [3.8, 4) is 0 Å². The molecule has 1 aromatic carbocycles. The number of nitrogens with zero attached hydrogens (tertiary/aromatic N) is 2. The minimum atomic E-state index is -0.178. The molecule has 0 spiro atoms. The van der Waals surface area contributed by atoms with E-state index in [1.807, 2.05) is 13.0 Å². The fourth-order valence-corrected chi connectivity index (χ4v) is 4.02. The summed E-state index contributed by atoms with van der Waals surface area (Å²) in [6.45, 7) is 7.95. The molecule has 0 bridgehead atoms. The second-order valence-corrected chi connectivity index (χ2v) is 8.02. The quantitative estimate of drug-likeness (QED) is 0.395. The number of nitrogens with one attached hydrogen (secondary N) is 2. The summed E-state index contributed by atoms with van der Waals surface area (Å²) in [6.07, 6.45) is 4.26.